The summed E-state index contributed by atoms with van der Waals surface area (Å²) in [5.41, 5.74) is 1.97. The Morgan fingerprint density at radius 1 is 1.20 bits per heavy atom. The number of anilines is 1. The summed E-state index contributed by atoms with van der Waals surface area (Å²) in [5, 5.41) is 2.97. The van der Waals surface area contributed by atoms with E-state index in [1.165, 1.54) is 0 Å². The molecule has 0 atom stereocenters. The zero-order valence-corrected chi connectivity index (χ0v) is 12.6. The maximum atomic E-state index is 12.0. The lowest BCUT2D eigenvalue weighted by Gasteiger charge is -2.28. The first kappa shape index (κ1) is 14.9. The minimum Gasteiger partial charge on any atom is -0.378 e. The van der Waals surface area contributed by atoms with Crippen LogP contribution in [-0.4, -0.2) is 38.8 Å². The lowest BCUT2D eigenvalue weighted by molar-refractivity contribution is 0.0939. The Morgan fingerprint density at radius 2 is 1.80 bits per heavy atom. The summed E-state index contributed by atoms with van der Waals surface area (Å²) in [6, 6.07) is 7.81. The van der Waals surface area contributed by atoms with E-state index in [9.17, 15) is 4.79 Å². The third-order valence-electron chi connectivity index (χ3n) is 3.29. The van der Waals surface area contributed by atoms with Crippen molar-refractivity contribution in [2.75, 3.05) is 37.7 Å². The predicted octanol–water partition coefficient (Wildman–Crippen LogP) is 2.30. The molecule has 1 heterocycles. The van der Waals surface area contributed by atoms with Gasteiger partial charge < -0.3 is 15.0 Å². The van der Waals surface area contributed by atoms with E-state index in [0.29, 0.717) is 12.1 Å². The molecule has 4 heteroatoms. The molecule has 1 aliphatic heterocycles. The number of morpholine rings is 1. The van der Waals surface area contributed by atoms with Gasteiger partial charge in [0.05, 0.1) is 13.2 Å². The monoisotopic (exact) mass is 276 g/mol. The zero-order chi connectivity index (χ0) is 14.6. The van der Waals surface area contributed by atoms with Crippen LogP contribution in [0, 0.1) is 5.41 Å². The molecule has 110 valence electrons. The van der Waals surface area contributed by atoms with Gasteiger partial charge in [0.15, 0.2) is 0 Å². The number of nitrogens with one attached hydrogen (secondary N) is 1. The normalized spacial score (nSPS) is 16.1. The van der Waals surface area contributed by atoms with Crippen LogP contribution in [0.25, 0.3) is 0 Å². The minimum absolute atomic E-state index is 0.00606. The number of hydrogen-bond acceptors (Lipinski definition) is 3. The number of rotatable bonds is 3. The highest BCUT2D eigenvalue weighted by molar-refractivity contribution is 5.94. The second-order valence-corrected chi connectivity index (χ2v) is 6.39. The third kappa shape index (κ3) is 4.23. The molecule has 0 unspecified atom stereocenters. The number of benzene rings is 1. The van der Waals surface area contributed by atoms with Crippen molar-refractivity contribution in [2.24, 2.45) is 5.41 Å². The van der Waals surface area contributed by atoms with Gasteiger partial charge >= 0.3 is 0 Å². The van der Waals surface area contributed by atoms with Crippen molar-refractivity contribution in [3.63, 3.8) is 0 Å². The van der Waals surface area contributed by atoms with Gasteiger partial charge in [-0.15, -0.1) is 0 Å². The molecule has 0 aliphatic carbocycles. The van der Waals surface area contributed by atoms with Crippen molar-refractivity contribution < 1.29 is 9.53 Å². The maximum absolute atomic E-state index is 12.0. The molecule has 0 bridgehead atoms. The molecule has 2 rings (SSSR count). The Hall–Kier alpha value is -1.55. The number of ether oxygens (including phenoxy) is 1. The van der Waals surface area contributed by atoms with Gasteiger partial charge in [-0.25, -0.2) is 0 Å². The highest BCUT2D eigenvalue weighted by Crippen LogP contribution is 2.17. The number of hydrogen-bond donors (Lipinski definition) is 1. The molecule has 20 heavy (non-hydrogen) atoms. The molecule has 0 saturated carbocycles. The van der Waals surface area contributed by atoms with Crippen molar-refractivity contribution in [1.82, 2.24) is 5.32 Å². The van der Waals surface area contributed by atoms with Crippen LogP contribution in [0.4, 0.5) is 5.69 Å². The summed E-state index contributed by atoms with van der Waals surface area (Å²) < 4.78 is 5.34. The number of carbonyl (C=O) groups is 1. The van der Waals surface area contributed by atoms with E-state index in [1.807, 2.05) is 24.3 Å². The fourth-order valence-corrected chi connectivity index (χ4v) is 2.09. The molecular weight excluding hydrogens is 252 g/mol. The standard InChI is InChI=1S/C16H24N2O2/c1-16(2,3)12-17-15(19)13-4-6-14(7-5-13)18-8-10-20-11-9-18/h4-7H,8-12H2,1-3H3,(H,17,19). The molecule has 1 aliphatic rings. The van der Waals surface area contributed by atoms with E-state index in [1.54, 1.807) is 0 Å². The number of nitrogens with zero attached hydrogens (tertiary/aromatic N) is 1. The first-order valence-electron chi connectivity index (χ1n) is 7.17. The van der Waals surface area contributed by atoms with Crippen molar-refractivity contribution in [2.45, 2.75) is 20.8 Å². The van der Waals surface area contributed by atoms with Crippen LogP contribution < -0.4 is 10.2 Å². The van der Waals surface area contributed by atoms with E-state index in [2.05, 4.69) is 31.0 Å². The molecule has 1 fully saturated rings. The fraction of sp³-hybridized carbons (Fsp3) is 0.562. The Balaban J connectivity index is 1.95. The maximum Gasteiger partial charge on any atom is 0.251 e. The SMILES string of the molecule is CC(C)(C)CNC(=O)c1ccc(N2CCOCC2)cc1. The summed E-state index contributed by atoms with van der Waals surface area (Å²) >= 11 is 0. The number of amides is 1. The largest absolute Gasteiger partial charge is 0.378 e. The zero-order valence-electron chi connectivity index (χ0n) is 12.6. The fourth-order valence-electron chi connectivity index (χ4n) is 2.09. The second-order valence-electron chi connectivity index (χ2n) is 6.39. The average molecular weight is 276 g/mol. The smallest absolute Gasteiger partial charge is 0.251 e. The Bertz CT molecular complexity index is 443. The van der Waals surface area contributed by atoms with Crippen molar-refractivity contribution >= 4 is 11.6 Å². The van der Waals surface area contributed by atoms with Gasteiger partial charge in [-0.2, -0.15) is 0 Å². The third-order valence-corrected chi connectivity index (χ3v) is 3.29. The molecule has 0 radical (unpaired) electrons. The van der Waals surface area contributed by atoms with Crippen LogP contribution in [0.3, 0.4) is 0 Å². The minimum atomic E-state index is -0.00606. The number of carbonyl (C=O) groups excluding carboxylic acids is 1. The molecule has 1 saturated heterocycles. The van der Waals surface area contributed by atoms with Crippen LogP contribution >= 0.6 is 0 Å². The van der Waals surface area contributed by atoms with Gasteiger partial charge in [-0.05, 0) is 29.7 Å². The van der Waals surface area contributed by atoms with Crippen molar-refractivity contribution in [3.8, 4) is 0 Å². The molecule has 0 spiro atoms. The van der Waals surface area contributed by atoms with E-state index in [4.69, 9.17) is 4.74 Å². The van der Waals surface area contributed by atoms with Crippen molar-refractivity contribution in [3.05, 3.63) is 29.8 Å². The first-order valence-corrected chi connectivity index (χ1v) is 7.17. The van der Waals surface area contributed by atoms with E-state index in [-0.39, 0.29) is 11.3 Å². The Kier molecular flexibility index (Phi) is 4.65. The molecule has 1 amide bonds. The summed E-state index contributed by atoms with van der Waals surface area (Å²) in [6.45, 7) is 10.4. The molecule has 1 N–H and O–H groups in total. The summed E-state index contributed by atoms with van der Waals surface area (Å²) in [5.74, 6) is -0.00606. The van der Waals surface area contributed by atoms with Gasteiger partial charge in [0.25, 0.3) is 5.91 Å². The van der Waals surface area contributed by atoms with Crippen LogP contribution in [0.15, 0.2) is 24.3 Å². The predicted molar refractivity (Wildman–Crippen MR) is 81.3 cm³/mol. The van der Waals surface area contributed by atoms with Crippen LogP contribution in [0.5, 0.6) is 0 Å². The molecule has 1 aromatic carbocycles. The Morgan fingerprint density at radius 3 is 2.35 bits per heavy atom. The highest BCUT2D eigenvalue weighted by Gasteiger charge is 2.14. The van der Waals surface area contributed by atoms with Gasteiger partial charge in [-0.3, -0.25) is 4.79 Å². The van der Waals surface area contributed by atoms with Gasteiger partial charge in [0.1, 0.15) is 0 Å². The van der Waals surface area contributed by atoms with Crippen LogP contribution in [0.2, 0.25) is 0 Å². The second kappa shape index (κ2) is 6.27. The summed E-state index contributed by atoms with van der Waals surface area (Å²) in [4.78, 5) is 14.3. The van der Waals surface area contributed by atoms with Gasteiger partial charge in [0.2, 0.25) is 0 Å². The lowest BCUT2D eigenvalue weighted by Crippen LogP contribution is -2.36. The van der Waals surface area contributed by atoms with E-state index in [0.717, 1.165) is 32.0 Å². The van der Waals surface area contributed by atoms with E-state index < -0.39 is 0 Å². The van der Waals surface area contributed by atoms with Crippen LogP contribution in [-0.2, 0) is 4.74 Å². The summed E-state index contributed by atoms with van der Waals surface area (Å²) in [6.07, 6.45) is 0. The lowest BCUT2D eigenvalue weighted by atomic mass is 9.97. The average Bonchev–Trinajstić information content (AvgIpc) is 2.45. The quantitative estimate of drug-likeness (QED) is 0.921. The molecule has 0 aromatic heterocycles. The topological polar surface area (TPSA) is 41.6 Å². The molecule has 4 nitrogen and oxygen atoms in total. The Labute approximate surface area is 121 Å². The van der Waals surface area contributed by atoms with Crippen molar-refractivity contribution in [1.29, 1.82) is 0 Å². The molecule has 1 aromatic rings. The van der Waals surface area contributed by atoms with Gasteiger partial charge in [0, 0.05) is 30.9 Å². The summed E-state index contributed by atoms with van der Waals surface area (Å²) in [7, 11) is 0. The molecular formula is C16H24N2O2. The van der Waals surface area contributed by atoms with Gasteiger partial charge in [-0.1, -0.05) is 20.8 Å². The first-order chi connectivity index (χ1) is 9.46. The van der Waals surface area contributed by atoms with E-state index >= 15 is 0 Å². The van der Waals surface area contributed by atoms with Crippen LogP contribution in [0.1, 0.15) is 31.1 Å². The highest BCUT2D eigenvalue weighted by atomic mass is 16.5.